The zero-order chi connectivity index (χ0) is 30.7. The van der Waals surface area contributed by atoms with E-state index in [1.165, 1.54) is 13.3 Å². The summed E-state index contributed by atoms with van der Waals surface area (Å²) in [6.07, 6.45) is 1.39. The van der Waals surface area contributed by atoms with Crippen molar-refractivity contribution in [2.75, 3.05) is 7.11 Å². The Balaban J connectivity index is 1.37. The second-order valence-electron chi connectivity index (χ2n) is 9.05. The Labute approximate surface area is 255 Å². The largest absolute Gasteiger partial charge is 0.493 e. The highest BCUT2D eigenvalue weighted by atomic mass is 127. The Morgan fingerprint density at radius 1 is 0.953 bits per heavy atom. The first-order valence-corrected chi connectivity index (χ1v) is 13.6. The molecule has 1 amide bonds. The van der Waals surface area contributed by atoms with Crippen LogP contribution in [0.25, 0.3) is 21.8 Å². The Morgan fingerprint density at radius 3 is 2.21 bits per heavy atom. The lowest BCUT2D eigenvalue weighted by atomic mass is 10.1. The molecule has 1 aromatic heterocycles. The van der Waals surface area contributed by atoms with E-state index in [0.717, 1.165) is 18.2 Å². The number of non-ortho nitro benzene ring substituents is 1. The van der Waals surface area contributed by atoms with Crippen LogP contribution in [0, 0.1) is 23.8 Å². The predicted molar refractivity (Wildman–Crippen MR) is 167 cm³/mol. The first-order chi connectivity index (χ1) is 20.7. The fourth-order valence-corrected chi connectivity index (χ4v) is 5.21. The van der Waals surface area contributed by atoms with Crippen molar-refractivity contribution in [1.82, 2.24) is 9.99 Å². The number of hydrogen-bond donors (Lipinski definition) is 1. The lowest BCUT2D eigenvalue weighted by Crippen LogP contribution is -2.25. The molecule has 0 spiro atoms. The summed E-state index contributed by atoms with van der Waals surface area (Å²) >= 11 is 1.95. The van der Waals surface area contributed by atoms with Gasteiger partial charge in [0.05, 0.1) is 43.8 Å². The highest BCUT2D eigenvalue weighted by Crippen LogP contribution is 2.41. The van der Waals surface area contributed by atoms with E-state index in [9.17, 15) is 29.8 Å². The van der Waals surface area contributed by atoms with Gasteiger partial charge in [0.2, 0.25) is 5.75 Å². The number of nitro benzene ring substituents is 2. The smallest absolute Gasteiger partial charge is 0.318 e. The minimum absolute atomic E-state index is 0.0969. The van der Waals surface area contributed by atoms with E-state index >= 15 is 0 Å². The Hall–Kier alpha value is -5.38. The minimum atomic E-state index is -0.773. The van der Waals surface area contributed by atoms with Gasteiger partial charge in [0, 0.05) is 16.8 Å². The summed E-state index contributed by atoms with van der Waals surface area (Å²) in [7, 11) is 1.38. The second kappa shape index (κ2) is 12.2. The predicted octanol–water partition coefficient (Wildman–Crippen LogP) is 5.53. The summed E-state index contributed by atoms with van der Waals surface area (Å²) in [5.41, 5.74) is 3.12. The molecule has 5 rings (SSSR count). The zero-order valence-corrected chi connectivity index (χ0v) is 24.4. The molecule has 1 heterocycles. The van der Waals surface area contributed by atoms with Crippen LogP contribution >= 0.6 is 22.6 Å². The van der Waals surface area contributed by atoms with Gasteiger partial charge in [-0.25, -0.2) is 5.43 Å². The van der Waals surface area contributed by atoms with Crippen LogP contribution in [0.2, 0.25) is 0 Å². The van der Waals surface area contributed by atoms with Crippen molar-refractivity contribution in [3.05, 3.63) is 118 Å². The van der Waals surface area contributed by atoms with E-state index in [4.69, 9.17) is 9.47 Å². The molecule has 0 saturated carbocycles. The van der Waals surface area contributed by atoms with E-state index in [2.05, 4.69) is 10.5 Å². The molecule has 0 fully saturated rings. The Morgan fingerprint density at radius 2 is 1.60 bits per heavy atom. The molecule has 1 N–H and O–H groups in total. The summed E-state index contributed by atoms with van der Waals surface area (Å²) in [6, 6.07) is 20.4. The molecule has 216 valence electrons. The van der Waals surface area contributed by atoms with Crippen LogP contribution in [0.1, 0.15) is 5.56 Å². The second-order valence-corrected chi connectivity index (χ2v) is 10.2. The van der Waals surface area contributed by atoms with E-state index in [1.54, 1.807) is 65.2 Å². The summed E-state index contributed by atoms with van der Waals surface area (Å²) in [5, 5.41) is 27.6. The van der Waals surface area contributed by atoms with Crippen molar-refractivity contribution in [3.63, 3.8) is 0 Å². The maximum absolute atomic E-state index is 12.9. The van der Waals surface area contributed by atoms with E-state index in [-0.39, 0.29) is 29.2 Å². The van der Waals surface area contributed by atoms with Crippen LogP contribution in [0.5, 0.6) is 17.2 Å². The number of fused-ring (bicyclic) bond motifs is 2. The number of carbonyl (C=O) groups is 1. The molecule has 14 heteroatoms. The normalized spacial score (nSPS) is 11.1. The number of aromatic nitrogens is 1. The van der Waals surface area contributed by atoms with Crippen LogP contribution in [0.3, 0.4) is 0 Å². The van der Waals surface area contributed by atoms with Crippen LogP contribution in [-0.2, 0) is 11.3 Å². The van der Waals surface area contributed by atoms with E-state index in [1.807, 2.05) is 22.6 Å². The Bertz CT molecular complexity index is 1960. The lowest BCUT2D eigenvalue weighted by Gasteiger charge is -2.14. The highest BCUT2D eigenvalue weighted by molar-refractivity contribution is 14.1. The molecule has 0 aliphatic carbocycles. The standard InChI is InChI=1S/C29H20IN5O8/c1-42-26-13-17(12-21(30)29(26)43-25-11-10-18(34(38)39)14-24(25)35(40)41)15-31-32-27(36)16-33-22-8-4-2-6-19(22)28(37)20-7-3-5-9-23(20)33/h2-15H,16H2,1H3,(H,32,36)/b31-15-. The zero-order valence-electron chi connectivity index (χ0n) is 22.2. The van der Waals surface area contributed by atoms with Crippen molar-refractivity contribution in [2.24, 2.45) is 5.10 Å². The van der Waals surface area contributed by atoms with Crippen LogP contribution in [0.15, 0.2) is 88.8 Å². The number of pyridine rings is 1. The number of hydrazone groups is 1. The first-order valence-electron chi connectivity index (χ1n) is 12.5. The fraction of sp³-hybridized carbons (Fsp3) is 0.0690. The van der Waals surface area contributed by atoms with Gasteiger partial charge in [-0.3, -0.25) is 29.8 Å². The number of methoxy groups -OCH3 is 1. The molecular formula is C29H20IN5O8. The van der Waals surface area contributed by atoms with Gasteiger partial charge >= 0.3 is 5.69 Å². The fourth-order valence-electron chi connectivity index (χ4n) is 4.48. The molecule has 0 atom stereocenters. The Kier molecular flexibility index (Phi) is 8.29. The number of nitrogens with zero attached hydrogens (tertiary/aromatic N) is 4. The monoisotopic (exact) mass is 693 g/mol. The van der Waals surface area contributed by atoms with E-state index in [0.29, 0.717) is 30.9 Å². The third kappa shape index (κ3) is 5.99. The number of amides is 1. The molecule has 13 nitrogen and oxygen atoms in total. The number of para-hydroxylation sites is 2. The van der Waals surface area contributed by atoms with Crippen LogP contribution < -0.4 is 20.3 Å². The molecule has 0 saturated heterocycles. The van der Waals surface area contributed by atoms with Crippen molar-refractivity contribution in [2.45, 2.75) is 6.54 Å². The molecular weight excluding hydrogens is 673 g/mol. The molecule has 0 unspecified atom stereocenters. The number of ether oxygens (including phenoxy) is 2. The van der Waals surface area contributed by atoms with Gasteiger partial charge in [-0.2, -0.15) is 5.10 Å². The lowest BCUT2D eigenvalue weighted by molar-refractivity contribution is -0.394. The first kappa shape index (κ1) is 29.1. The number of carbonyl (C=O) groups excluding carboxylic acids is 1. The molecule has 0 aliphatic rings. The number of nitrogens with one attached hydrogen (secondary N) is 1. The van der Waals surface area contributed by atoms with Crippen molar-refractivity contribution in [3.8, 4) is 17.2 Å². The highest BCUT2D eigenvalue weighted by Gasteiger charge is 2.23. The summed E-state index contributed by atoms with van der Waals surface area (Å²) in [6.45, 7) is -0.0969. The van der Waals surface area contributed by atoms with Gasteiger partial charge < -0.3 is 14.0 Å². The van der Waals surface area contributed by atoms with Gasteiger partial charge in [0.15, 0.2) is 16.9 Å². The van der Waals surface area contributed by atoms with E-state index < -0.39 is 27.1 Å². The summed E-state index contributed by atoms with van der Waals surface area (Å²) in [5.74, 6) is -0.276. The van der Waals surface area contributed by atoms with Crippen molar-refractivity contribution >= 4 is 67.9 Å². The van der Waals surface area contributed by atoms with Gasteiger partial charge in [0.1, 0.15) is 6.54 Å². The van der Waals surface area contributed by atoms with Gasteiger partial charge in [-0.1, -0.05) is 24.3 Å². The molecule has 0 bridgehead atoms. The third-order valence-corrected chi connectivity index (χ3v) is 7.20. The summed E-state index contributed by atoms with van der Waals surface area (Å²) in [4.78, 5) is 46.9. The molecule has 0 radical (unpaired) electrons. The number of hydrogen-bond acceptors (Lipinski definition) is 9. The summed E-state index contributed by atoms with van der Waals surface area (Å²) < 4.78 is 13.4. The average molecular weight is 693 g/mol. The van der Waals surface area contributed by atoms with Crippen LogP contribution in [0.4, 0.5) is 11.4 Å². The van der Waals surface area contributed by atoms with Crippen LogP contribution in [-0.4, -0.2) is 33.6 Å². The van der Waals surface area contributed by atoms with Gasteiger partial charge in [-0.05, 0) is 70.6 Å². The van der Waals surface area contributed by atoms with Gasteiger partial charge in [-0.15, -0.1) is 0 Å². The topological polar surface area (TPSA) is 168 Å². The number of halogens is 1. The van der Waals surface area contributed by atoms with Crippen molar-refractivity contribution < 1.29 is 24.1 Å². The number of nitro groups is 2. The molecule has 43 heavy (non-hydrogen) atoms. The SMILES string of the molecule is COc1cc(/C=N\NC(=O)Cn2c3ccccc3c(=O)c3ccccc32)cc(I)c1Oc1ccc([N+](=O)[O-])cc1[N+](=O)[O-]. The average Bonchev–Trinajstić information content (AvgIpc) is 3.00. The molecule has 0 aliphatic heterocycles. The number of rotatable bonds is 9. The number of benzene rings is 4. The molecule has 5 aromatic rings. The minimum Gasteiger partial charge on any atom is -0.493 e. The van der Waals surface area contributed by atoms with Gasteiger partial charge in [0.25, 0.3) is 11.6 Å². The third-order valence-electron chi connectivity index (χ3n) is 6.40. The quantitative estimate of drug-likeness (QED) is 0.0692. The maximum atomic E-state index is 12.9. The maximum Gasteiger partial charge on any atom is 0.318 e. The molecule has 4 aromatic carbocycles. The van der Waals surface area contributed by atoms with Crippen molar-refractivity contribution in [1.29, 1.82) is 0 Å².